The van der Waals surface area contributed by atoms with Gasteiger partial charge in [-0.25, -0.2) is 9.78 Å². The van der Waals surface area contributed by atoms with E-state index in [9.17, 15) is 4.79 Å². The van der Waals surface area contributed by atoms with Crippen LogP contribution in [0.4, 0.5) is 0 Å². The number of esters is 1. The fourth-order valence-corrected chi connectivity index (χ4v) is 3.42. The van der Waals surface area contributed by atoms with Crippen molar-refractivity contribution in [1.82, 2.24) is 4.98 Å². The first kappa shape index (κ1) is 16.8. The zero-order valence-corrected chi connectivity index (χ0v) is 13.3. The summed E-state index contributed by atoms with van der Waals surface area (Å²) >= 11 is 0. The summed E-state index contributed by atoms with van der Waals surface area (Å²) in [6.07, 6.45) is 3.20. The number of hydrogen-bond acceptors (Lipinski definition) is 5. The van der Waals surface area contributed by atoms with Gasteiger partial charge in [-0.3, -0.25) is 0 Å². The zero-order chi connectivity index (χ0) is 14.8. The molecule has 0 amide bonds. The van der Waals surface area contributed by atoms with Crippen molar-refractivity contribution in [2.45, 2.75) is 39.3 Å². The molecule has 0 aliphatic heterocycles. The van der Waals surface area contributed by atoms with Gasteiger partial charge < -0.3 is 13.6 Å². The monoisotopic (exact) mass is 296 g/mol. The van der Waals surface area contributed by atoms with Crippen LogP contribution in [0.25, 0.3) is 0 Å². The predicted octanol–water partition coefficient (Wildman–Crippen LogP) is 2.51. The van der Waals surface area contributed by atoms with Crippen LogP contribution in [0.5, 0.6) is 0 Å². The number of hydrogen-bond donors (Lipinski definition) is 0. The molecule has 1 unspecified atom stereocenters. The third-order valence-corrected chi connectivity index (χ3v) is 4.59. The van der Waals surface area contributed by atoms with Gasteiger partial charge in [-0.05, 0) is 32.4 Å². The van der Waals surface area contributed by atoms with E-state index in [1.165, 1.54) is 0 Å². The van der Waals surface area contributed by atoms with Crippen LogP contribution in [0.3, 0.4) is 0 Å². The molecule has 1 aromatic rings. The van der Waals surface area contributed by atoms with Gasteiger partial charge in [0, 0.05) is 19.4 Å². The van der Waals surface area contributed by atoms with Gasteiger partial charge in [-0.2, -0.15) is 0 Å². The minimum absolute atomic E-state index is 0.308. The Morgan fingerprint density at radius 1 is 1.25 bits per heavy atom. The highest BCUT2D eigenvalue weighted by Gasteiger charge is 2.31. The van der Waals surface area contributed by atoms with Crippen LogP contribution in [0.2, 0.25) is 0 Å². The first-order chi connectivity index (χ1) is 9.72. The lowest BCUT2D eigenvalue weighted by atomic mass is 10.3. The van der Waals surface area contributed by atoms with Gasteiger partial charge in [-0.1, -0.05) is 19.4 Å². The normalized spacial score (nSPS) is 12.4. The highest BCUT2D eigenvalue weighted by atomic mass is 28.3. The molecular formula is C14H22NO4Si. The maximum atomic E-state index is 12.1. The SMILES string of the molecule is CCCC(OC(=O)c1ccccn1)[Si](OCC)OCC. The molecule has 5 nitrogen and oxygen atoms in total. The summed E-state index contributed by atoms with van der Waals surface area (Å²) in [6.45, 7) is 6.96. The number of carbonyl (C=O) groups excluding carboxylic acids is 1. The molecule has 6 heteroatoms. The Morgan fingerprint density at radius 2 is 1.95 bits per heavy atom. The quantitative estimate of drug-likeness (QED) is 0.517. The molecular weight excluding hydrogens is 274 g/mol. The summed E-state index contributed by atoms with van der Waals surface area (Å²) in [4.78, 5) is 16.1. The molecule has 1 heterocycles. The lowest BCUT2D eigenvalue weighted by molar-refractivity contribution is 0.0316. The van der Waals surface area contributed by atoms with E-state index in [1.54, 1.807) is 24.4 Å². The van der Waals surface area contributed by atoms with Crippen molar-refractivity contribution in [3.63, 3.8) is 0 Å². The molecule has 0 aliphatic carbocycles. The van der Waals surface area contributed by atoms with E-state index in [1.807, 2.05) is 20.8 Å². The molecule has 0 bridgehead atoms. The Hall–Kier alpha value is -1.24. The predicted molar refractivity (Wildman–Crippen MR) is 77.4 cm³/mol. The second kappa shape index (κ2) is 9.63. The van der Waals surface area contributed by atoms with Crippen molar-refractivity contribution in [3.05, 3.63) is 30.1 Å². The average molecular weight is 296 g/mol. The summed E-state index contributed by atoms with van der Waals surface area (Å²) in [5.74, 6) is -0.425. The van der Waals surface area contributed by atoms with Crippen LogP contribution in [0.1, 0.15) is 44.1 Å². The minimum atomic E-state index is -1.62. The minimum Gasteiger partial charge on any atom is -0.456 e. The lowest BCUT2D eigenvalue weighted by Gasteiger charge is -2.23. The third-order valence-electron chi connectivity index (χ3n) is 2.51. The summed E-state index contributed by atoms with van der Waals surface area (Å²) in [5, 5.41) is 0. The summed E-state index contributed by atoms with van der Waals surface area (Å²) in [7, 11) is -1.62. The summed E-state index contributed by atoms with van der Waals surface area (Å²) in [6, 6.07) is 5.16. The second-order valence-electron chi connectivity index (χ2n) is 4.08. The molecule has 0 spiro atoms. The van der Waals surface area contributed by atoms with E-state index in [4.69, 9.17) is 13.6 Å². The van der Waals surface area contributed by atoms with E-state index in [0.29, 0.717) is 18.9 Å². The van der Waals surface area contributed by atoms with Gasteiger partial charge in [0.15, 0.2) is 0 Å². The molecule has 0 saturated carbocycles. The molecule has 1 aromatic heterocycles. The molecule has 0 fully saturated rings. The Kier molecular flexibility index (Phi) is 8.09. The van der Waals surface area contributed by atoms with Crippen LogP contribution in [0.15, 0.2) is 24.4 Å². The average Bonchev–Trinajstić information content (AvgIpc) is 2.47. The lowest BCUT2D eigenvalue weighted by Crippen LogP contribution is -2.40. The van der Waals surface area contributed by atoms with Crippen LogP contribution in [0, 0.1) is 0 Å². The van der Waals surface area contributed by atoms with E-state index in [2.05, 4.69) is 4.98 Å². The second-order valence-corrected chi connectivity index (χ2v) is 5.94. The maximum Gasteiger partial charge on any atom is 0.429 e. The summed E-state index contributed by atoms with van der Waals surface area (Å²) < 4.78 is 16.8. The van der Waals surface area contributed by atoms with Crippen molar-refractivity contribution in [2.24, 2.45) is 0 Å². The van der Waals surface area contributed by atoms with Gasteiger partial charge >= 0.3 is 15.3 Å². The number of carbonyl (C=O) groups is 1. The van der Waals surface area contributed by atoms with Crippen LogP contribution in [-0.2, 0) is 13.6 Å². The van der Waals surface area contributed by atoms with E-state index in [0.717, 1.165) is 12.8 Å². The Morgan fingerprint density at radius 3 is 2.45 bits per heavy atom. The first-order valence-corrected chi connectivity index (χ1v) is 8.36. The van der Waals surface area contributed by atoms with Gasteiger partial charge in [0.05, 0.1) is 0 Å². The van der Waals surface area contributed by atoms with Crippen molar-refractivity contribution in [1.29, 1.82) is 0 Å². The van der Waals surface area contributed by atoms with Crippen LogP contribution >= 0.6 is 0 Å². The molecule has 0 aliphatic rings. The molecule has 0 saturated heterocycles. The standard InChI is InChI=1S/C14H22NO4Si/c1-4-9-13(20(17-5-2)18-6-3)19-14(16)12-10-7-8-11-15-12/h7-8,10-11,13H,4-6,9H2,1-3H3. The van der Waals surface area contributed by atoms with Crippen molar-refractivity contribution in [2.75, 3.05) is 13.2 Å². The zero-order valence-electron chi connectivity index (χ0n) is 12.3. The van der Waals surface area contributed by atoms with Crippen LogP contribution in [-0.4, -0.2) is 39.2 Å². The fourth-order valence-electron chi connectivity index (χ4n) is 1.67. The molecule has 1 atom stereocenters. The van der Waals surface area contributed by atoms with Crippen molar-refractivity contribution in [3.8, 4) is 0 Å². The van der Waals surface area contributed by atoms with Gasteiger partial charge in [0.2, 0.25) is 0 Å². The Bertz CT molecular complexity index is 382. The van der Waals surface area contributed by atoms with E-state index in [-0.39, 0.29) is 5.73 Å². The first-order valence-electron chi connectivity index (χ1n) is 6.97. The van der Waals surface area contributed by atoms with Crippen LogP contribution < -0.4 is 0 Å². The number of nitrogens with zero attached hydrogens (tertiary/aromatic N) is 1. The van der Waals surface area contributed by atoms with Crippen molar-refractivity contribution >= 4 is 15.3 Å². The number of pyridine rings is 1. The molecule has 0 N–H and O–H groups in total. The van der Waals surface area contributed by atoms with Gasteiger partial charge in [0.25, 0.3) is 0 Å². The van der Waals surface area contributed by atoms with Gasteiger partial charge in [0.1, 0.15) is 11.4 Å². The highest BCUT2D eigenvalue weighted by Crippen LogP contribution is 2.12. The molecule has 1 rings (SSSR count). The Balaban J connectivity index is 2.72. The topological polar surface area (TPSA) is 57.7 Å². The Labute approximate surface area is 122 Å². The van der Waals surface area contributed by atoms with E-state index < -0.39 is 15.3 Å². The van der Waals surface area contributed by atoms with Crippen molar-refractivity contribution < 1.29 is 18.4 Å². The number of rotatable bonds is 9. The third kappa shape index (κ3) is 5.40. The largest absolute Gasteiger partial charge is 0.456 e. The van der Waals surface area contributed by atoms with E-state index >= 15 is 0 Å². The number of ether oxygens (including phenoxy) is 1. The fraction of sp³-hybridized carbons (Fsp3) is 0.571. The van der Waals surface area contributed by atoms with Gasteiger partial charge in [-0.15, -0.1) is 0 Å². The molecule has 0 aromatic carbocycles. The maximum absolute atomic E-state index is 12.1. The molecule has 1 radical (unpaired) electrons. The number of aromatic nitrogens is 1. The molecule has 111 valence electrons. The smallest absolute Gasteiger partial charge is 0.429 e. The molecule has 20 heavy (non-hydrogen) atoms. The highest BCUT2D eigenvalue weighted by molar-refractivity contribution is 6.46. The summed E-state index contributed by atoms with van der Waals surface area (Å²) in [5.41, 5.74) is -0.0117.